The maximum atomic E-state index is 13.9. The normalized spacial score (nSPS) is 24.9. The number of nitrogens with two attached hydrogens (primary N) is 1. The lowest BCUT2D eigenvalue weighted by atomic mass is 9.77. The molecule has 2 aromatic rings. The predicted molar refractivity (Wildman–Crippen MR) is 116 cm³/mol. The highest BCUT2D eigenvalue weighted by Gasteiger charge is 2.40. The molecule has 2 N–H and O–H groups in total. The molecule has 0 aromatic carbocycles. The van der Waals surface area contributed by atoms with Crippen LogP contribution in [0.4, 0.5) is 29.3 Å². The van der Waals surface area contributed by atoms with Crippen LogP contribution in [0.5, 0.6) is 5.75 Å². The predicted octanol–water partition coefficient (Wildman–Crippen LogP) is 3.15. The molecule has 34 heavy (non-hydrogen) atoms. The molecular formula is C22H26F4N6O2. The molecule has 2 aliphatic heterocycles. The van der Waals surface area contributed by atoms with Crippen LogP contribution in [0.3, 0.4) is 0 Å². The maximum absolute atomic E-state index is 13.9. The topological polar surface area (TPSA) is 89.6 Å². The summed E-state index contributed by atoms with van der Waals surface area (Å²) in [6, 6.07) is 3.54. The van der Waals surface area contributed by atoms with Crippen LogP contribution >= 0.6 is 0 Å². The standard InChI is InChI=1S/C22H26F4N6O2/c23-20(24)34-18-9-14(11-28-19(18)27)17-10-16(13-7-15(8-13)31-3-5-33-6-4-31)29-21(30-17)32-2-1-22(25,26)12-32/h9-11,13,15,20H,1-8,12H2,(H2,27,28)/t13-,15+. The Kier molecular flexibility index (Phi) is 6.19. The van der Waals surface area contributed by atoms with Gasteiger partial charge in [0.1, 0.15) is 0 Å². The Balaban J connectivity index is 1.44. The van der Waals surface area contributed by atoms with Crippen LogP contribution in [-0.4, -0.2) is 77.8 Å². The molecule has 1 saturated carbocycles. The Morgan fingerprint density at radius 1 is 1.12 bits per heavy atom. The molecule has 1 aliphatic carbocycles. The molecule has 184 valence electrons. The molecule has 3 fully saturated rings. The molecule has 8 nitrogen and oxygen atoms in total. The molecular weight excluding hydrogens is 456 g/mol. The largest absolute Gasteiger partial charge is 0.431 e. The van der Waals surface area contributed by atoms with Crippen molar-refractivity contribution in [2.75, 3.05) is 50.0 Å². The Morgan fingerprint density at radius 2 is 1.88 bits per heavy atom. The average molecular weight is 482 g/mol. The summed E-state index contributed by atoms with van der Waals surface area (Å²) in [6.45, 7) is -0.157. The van der Waals surface area contributed by atoms with Crippen LogP contribution in [0.25, 0.3) is 11.3 Å². The highest BCUT2D eigenvalue weighted by atomic mass is 19.3. The number of hydrogen-bond acceptors (Lipinski definition) is 8. The second-order valence-electron chi connectivity index (χ2n) is 8.96. The van der Waals surface area contributed by atoms with E-state index in [1.807, 2.05) is 0 Å². The molecule has 3 aliphatic rings. The summed E-state index contributed by atoms with van der Waals surface area (Å²) in [7, 11) is 0. The highest BCUT2D eigenvalue weighted by molar-refractivity contribution is 5.65. The summed E-state index contributed by atoms with van der Waals surface area (Å²) < 4.78 is 63.2. The van der Waals surface area contributed by atoms with Crippen molar-refractivity contribution >= 4 is 11.8 Å². The molecule has 12 heteroatoms. The summed E-state index contributed by atoms with van der Waals surface area (Å²) in [5.74, 6) is -2.90. The lowest BCUT2D eigenvalue weighted by molar-refractivity contribution is -0.0494. The number of nitrogens with zero attached hydrogens (tertiary/aromatic N) is 5. The Bertz CT molecular complexity index is 1030. The summed E-state index contributed by atoms with van der Waals surface area (Å²) in [4.78, 5) is 16.9. The van der Waals surface area contributed by atoms with Gasteiger partial charge < -0.3 is 20.1 Å². The number of nitrogen functional groups attached to an aromatic ring is 1. The van der Waals surface area contributed by atoms with E-state index in [0.29, 0.717) is 17.3 Å². The first-order chi connectivity index (χ1) is 16.3. The van der Waals surface area contributed by atoms with Gasteiger partial charge in [-0.2, -0.15) is 8.78 Å². The third-order valence-corrected chi connectivity index (χ3v) is 6.67. The van der Waals surface area contributed by atoms with Gasteiger partial charge in [-0.25, -0.2) is 23.7 Å². The zero-order chi connectivity index (χ0) is 23.9. The van der Waals surface area contributed by atoms with Gasteiger partial charge in [-0.3, -0.25) is 4.90 Å². The summed E-state index contributed by atoms with van der Waals surface area (Å²) in [5.41, 5.74) is 7.20. The number of alkyl halides is 4. The molecule has 2 saturated heterocycles. The number of ether oxygens (including phenoxy) is 2. The number of halogens is 4. The van der Waals surface area contributed by atoms with E-state index in [1.54, 1.807) is 6.07 Å². The van der Waals surface area contributed by atoms with Crippen LogP contribution in [0.2, 0.25) is 0 Å². The second kappa shape index (κ2) is 9.14. The fourth-order valence-corrected chi connectivity index (χ4v) is 4.71. The van der Waals surface area contributed by atoms with Crippen LogP contribution in [0.15, 0.2) is 18.3 Å². The number of morpholine rings is 1. The summed E-state index contributed by atoms with van der Waals surface area (Å²) in [5, 5.41) is 0. The smallest absolute Gasteiger partial charge is 0.387 e. The molecule has 0 radical (unpaired) electrons. The zero-order valence-corrected chi connectivity index (χ0v) is 18.5. The van der Waals surface area contributed by atoms with Crippen molar-refractivity contribution < 1.29 is 27.0 Å². The lowest BCUT2D eigenvalue weighted by Gasteiger charge is -2.44. The first-order valence-corrected chi connectivity index (χ1v) is 11.3. The fraction of sp³-hybridized carbons (Fsp3) is 0.591. The summed E-state index contributed by atoms with van der Waals surface area (Å²) >= 11 is 0. The molecule has 5 rings (SSSR count). The number of anilines is 2. The van der Waals surface area contributed by atoms with Crippen molar-refractivity contribution in [3.63, 3.8) is 0 Å². The first kappa shape index (κ1) is 23.0. The Hall–Kier alpha value is -2.73. The molecule has 0 bridgehead atoms. The van der Waals surface area contributed by atoms with E-state index in [0.717, 1.165) is 44.8 Å². The zero-order valence-electron chi connectivity index (χ0n) is 18.5. The number of aromatic nitrogens is 3. The second-order valence-corrected chi connectivity index (χ2v) is 8.96. The van der Waals surface area contributed by atoms with Gasteiger partial charge in [-0.15, -0.1) is 0 Å². The number of pyridine rings is 1. The van der Waals surface area contributed by atoms with Gasteiger partial charge >= 0.3 is 6.61 Å². The average Bonchev–Trinajstić information content (AvgIpc) is 3.14. The molecule has 0 spiro atoms. The van der Waals surface area contributed by atoms with E-state index in [2.05, 4.69) is 24.6 Å². The SMILES string of the molecule is Nc1ncc(-c2cc([C@H]3C[C@@H](N4CCOCC4)C3)nc(N3CCC(F)(F)C3)n2)cc1OC(F)F. The van der Waals surface area contributed by atoms with E-state index >= 15 is 0 Å². The van der Waals surface area contributed by atoms with Crippen LogP contribution in [0.1, 0.15) is 30.9 Å². The van der Waals surface area contributed by atoms with Crippen molar-refractivity contribution in [2.45, 2.75) is 43.8 Å². The van der Waals surface area contributed by atoms with Crippen molar-refractivity contribution in [1.29, 1.82) is 0 Å². The maximum Gasteiger partial charge on any atom is 0.387 e. The minimum atomic E-state index is -3.06. The van der Waals surface area contributed by atoms with Gasteiger partial charge in [0.25, 0.3) is 5.92 Å². The minimum Gasteiger partial charge on any atom is -0.431 e. The quantitative estimate of drug-likeness (QED) is 0.629. The van der Waals surface area contributed by atoms with Crippen molar-refractivity contribution in [1.82, 2.24) is 19.9 Å². The Labute approximate surface area is 194 Å². The third-order valence-electron chi connectivity index (χ3n) is 6.67. The molecule has 0 amide bonds. The Morgan fingerprint density at radius 3 is 2.56 bits per heavy atom. The van der Waals surface area contributed by atoms with Crippen molar-refractivity contribution in [3.05, 3.63) is 24.0 Å². The van der Waals surface area contributed by atoms with E-state index in [4.69, 9.17) is 10.5 Å². The fourth-order valence-electron chi connectivity index (χ4n) is 4.71. The van der Waals surface area contributed by atoms with Gasteiger partial charge in [-0.05, 0) is 25.0 Å². The molecule has 0 atom stereocenters. The first-order valence-electron chi connectivity index (χ1n) is 11.3. The van der Waals surface area contributed by atoms with Gasteiger partial charge in [0.2, 0.25) is 5.95 Å². The van der Waals surface area contributed by atoms with E-state index in [9.17, 15) is 17.6 Å². The molecule has 0 unspecified atom stereocenters. The van der Waals surface area contributed by atoms with Gasteiger partial charge in [-0.1, -0.05) is 0 Å². The lowest BCUT2D eigenvalue weighted by Crippen LogP contribution is -2.49. The molecule has 2 aromatic heterocycles. The minimum absolute atomic E-state index is 0.136. The van der Waals surface area contributed by atoms with Crippen molar-refractivity contribution in [2.24, 2.45) is 0 Å². The summed E-state index contributed by atoms with van der Waals surface area (Å²) in [6.07, 6.45) is 2.92. The molecule has 4 heterocycles. The van der Waals surface area contributed by atoms with E-state index < -0.39 is 19.1 Å². The van der Waals surface area contributed by atoms with Crippen LogP contribution in [-0.2, 0) is 4.74 Å². The number of rotatable bonds is 6. The number of hydrogen-bond donors (Lipinski definition) is 1. The van der Waals surface area contributed by atoms with E-state index in [1.165, 1.54) is 17.2 Å². The van der Waals surface area contributed by atoms with Gasteiger partial charge in [0.05, 0.1) is 25.5 Å². The van der Waals surface area contributed by atoms with Crippen LogP contribution < -0.4 is 15.4 Å². The van der Waals surface area contributed by atoms with Gasteiger partial charge in [0, 0.05) is 55.5 Å². The third kappa shape index (κ3) is 4.88. The van der Waals surface area contributed by atoms with E-state index in [-0.39, 0.29) is 36.4 Å². The van der Waals surface area contributed by atoms with Crippen molar-refractivity contribution in [3.8, 4) is 17.0 Å². The monoisotopic (exact) mass is 482 g/mol. The highest BCUT2D eigenvalue weighted by Crippen LogP contribution is 2.41. The van der Waals surface area contributed by atoms with Crippen LogP contribution in [0, 0.1) is 0 Å². The van der Waals surface area contributed by atoms with Gasteiger partial charge in [0.15, 0.2) is 11.6 Å².